The number of hydrogen-bond donors (Lipinski definition) is 1. The molecule has 0 radical (unpaired) electrons. The summed E-state index contributed by atoms with van der Waals surface area (Å²) in [6.45, 7) is 4.30. The molecule has 0 aliphatic heterocycles. The molecule has 1 amide bonds. The maximum atomic E-state index is 12.1. The summed E-state index contributed by atoms with van der Waals surface area (Å²) in [5.74, 6) is 0.0988. The average Bonchev–Trinajstić information content (AvgIpc) is 2.34. The van der Waals surface area contributed by atoms with Crippen LogP contribution >= 0.6 is 12.2 Å². The Kier molecular flexibility index (Phi) is 5.78. The SMILES string of the molecule is CC(C)N(CC(N)=S)C(=O)CCc1ccccc1. The molecule has 0 saturated carbocycles. The number of nitrogens with zero attached hydrogens (tertiary/aromatic N) is 1. The van der Waals surface area contributed by atoms with Crippen LogP contribution in [0.25, 0.3) is 0 Å². The molecule has 1 aromatic carbocycles. The van der Waals surface area contributed by atoms with Crippen molar-refractivity contribution >= 4 is 23.1 Å². The van der Waals surface area contributed by atoms with Crippen molar-refractivity contribution in [3.05, 3.63) is 35.9 Å². The van der Waals surface area contributed by atoms with Gasteiger partial charge in [-0.3, -0.25) is 4.79 Å². The second-order valence-corrected chi connectivity index (χ2v) is 5.09. The van der Waals surface area contributed by atoms with Gasteiger partial charge in [-0.25, -0.2) is 0 Å². The Balaban J connectivity index is 2.54. The molecular weight excluding hydrogens is 244 g/mol. The highest BCUT2D eigenvalue weighted by Gasteiger charge is 2.17. The lowest BCUT2D eigenvalue weighted by Crippen LogP contribution is -2.42. The van der Waals surface area contributed by atoms with Crippen LogP contribution in [0.15, 0.2) is 30.3 Å². The lowest BCUT2D eigenvalue weighted by Gasteiger charge is -2.26. The highest BCUT2D eigenvalue weighted by atomic mass is 32.1. The second-order valence-electron chi connectivity index (χ2n) is 4.57. The van der Waals surface area contributed by atoms with E-state index in [0.717, 1.165) is 6.42 Å². The van der Waals surface area contributed by atoms with Gasteiger partial charge in [0.25, 0.3) is 0 Å². The fourth-order valence-corrected chi connectivity index (χ4v) is 1.91. The summed E-state index contributed by atoms with van der Waals surface area (Å²) in [5, 5.41) is 0. The van der Waals surface area contributed by atoms with Gasteiger partial charge in [-0.05, 0) is 25.8 Å². The molecule has 18 heavy (non-hydrogen) atoms. The molecule has 0 saturated heterocycles. The molecule has 0 aliphatic carbocycles. The number of hydrogen-bond acceptors (Lipinski definition) is 2. The van der Waals surface area contributed by atoms with Crippen molar-refractivity contribution in [2.45, 2.75) is 32.7 Å². The molecule has 0 heterocycles. The zero-order valence-corrected chi connectivity index (χ0v) is 11.7. The van der Waals surface area contributed by atoms with E-state index in [1.807, 2.05) is 44.2 Å². The predicted octanol–water partition coefficient (Wildman–Crippen LogP) is 2.14. The van der Waals surface area contributed by atoms with Crippen LogP contribution in [0.3, 0.4) is 0 Å². The number of nitrogens with two attached hydrogens (primary N) is 1. The van der Waals surface area contributed by atoms with Gasteiger partial charge in [0, 0.05) is 12.5 Å². The van der Waals surface area contributed by atoms with E-state index in [-0.39, 0.29) is 11.9 Å². The molecule has 0 aromatic heterocycles. The normalized spacial score (nSPS) is 10.4. The quantitative estimate of drug-likeness (QED) is 0.801. The van der Waals surface area contributed by atoms with Gasteiger partial charge < -0.3 is 10.6 Å². The predicted molar refractivity (Wildman–Crippen MR) is 78.4 cm³/mol. The van der Waals surface area contributed by atoms with Crippen LogP contribution in [0.1, 0.15) is 25.8 Å². The minimum atomic E-state index is 0.0988. The smallest absolute Gasteiger partial charge is 0.223 e. The summed E-state index contributed by atoms with van der Waals surface area (Å²) in [4.78, 5) is 14.2. The van der Waals surface area contributed by atoms with Gasteiger partial charge in [-0.15, -0.1) is 0 Å². The molecule has 1 rings (SSSR count). The maximum Gasteiger partial charge on any atom is 0.223 e. The van der Waals surface area contributed by atoms with Crippen LogP contribution in [0.5, 0.6) is 0 Å². The number of benzene rings is 1. The first-order valence-corrected chi connectivity index (χ1v) is 6.53. The summed E-state index contributed by atoms with van der Waals surface area (Å²) < 4.78 is 0. The van der Waals surface area contributed by atoms with E-state index in [1.165, 1.54) is 5.56 Å². The molecule has 1 aromatic rings. The third-order valence-corrected chi connectivity index (χ3v) is 2.87. The Morgan fingerprint density at radius 2 is 1.94 bits per heavy atom. The second kappa shape index (κ2) is 7.11. The largest absolute Gasteiger partial charge is 0.392 e. The lowest BCUT2D eigenvalue weighted by molar-refractivity contribution is -0.131. The van der Waals surface area contributed by atoms with Crippen LogP contribution in [-0.4, -0.2) is 28.4 Å². The Morgan fingerprint density at radius 1 is 1.33 bits per heavy atom. The van der Waals surface area contributed by atoms with Crippen molar-refractivity contribution < 1.29 is 4.79 Å². The molecule has 0 fully saturated rings. The van der Waals surface area contributed by atoms with E-state index in [4.69, 9.17) is 18.0 Å². The Hall–Kier alpha value is -1.42. The van der Waals surface area contributed by atoms with Gasteiger partial charge in [-0.2, -0.15) is 0 Å². The fourth-order valence-electron chi connectivity index (χ4n) is 1.77. The minimum absolute atomic E-state index is 0.0988. The maximum absolute atomic E-state index is 12.1. The van der Waals surface area contributed by atoms with Crippen LogP contribution in [0.2, 0.25) is 0 Å². The van der Waals surface area contributed by atoms with Gasteiger partial charge in [0.1, 0.15) is 0 Å². The monoisotopic (exact) mass is 264 g/mol. The first-order valence-electron chi connectivity index (χ1n) is 6.12. The van der Waals surface area contributed by atoms with E-state index in [9.17, 15) is 4.79 Å². The Labute approximate surface area is 114 Å². The highest BCUT2D eigenvalue weighted by Crippen LogP contribution is 2.07. The van der Waals surface area contributed by atoms with Crippen molar-refractivity contribution in [2.24, 2.45) is 5.73 Å². The first-order chi connectivity index (χ1) is 8.50. The van der Waals surface area contributed by atoms with Gasteiger partial charge in [0.2, 0.25) is 5.91 Å². The molecule has 0 unspecified atom stereocenters. The zero-order valence-electron chi connectivity index (χ0n) is 10.9. The van der Waals surface area contributed by atoms with Crippen LogP contribution in [0.4, 0.5) is 0 Å². The van der Waals surface area contributed by atoms with Crippen LogP contribution in [0, 0.1) is 0 Å². The third-order valence-electron chi connectivity index (χ3n) is 2.74. The number of aryl methyl sites for hydroxylation is 1. The summed E-state index contributed by atoms with van der Waals surface area (Å²) in [6, 6.07) is 10.1. The molecule has 0 spiro atoms. The average molecular weight is 264 g/mol. The van der Waals surface area contributed by atoms with Crippen molar-refractivity contribution in [1.82, 2.24) is 4.90 Å². The zero-order chi connectivity index (χ0) is 13.5. The Morgan fingerprint density at radius 3 is 2.44 bits per heavy atom. The van der Waals surface area contributed by atoms with Gasteiger partial charge >= 0.3 is 0 Å². The van der Waals surface area contributed by atoms with Crippen LogP contribution < -0.4 is 5.73 Å². The molecule has 0 atom stereocenters. The Bertz CT molecular complexity index is 404. The van der Waals surface area contributed by atoms with Crippen molar-refractivity contribution in [3.63, 3.8) is 0 Å². The van der Waals surface area contributed by atoms with E-state index in [1.54, 1.807) is 4.90 Å². The fraction of sp³-hybridized carbons (Fsp3) is 0.429. The first kappa shape index (κ1) is 14.6. The summed E-state index contributed by atoms with van der Waals surface area (Å²) in [5.41, 5.74) is 6.68. The third kappa shape index (κ3) is 4.84. The molecule has 4 heteroatoms. The molecule has 0 bridgehead atoms. The number of rotatable bonds is 6. The lowest BCUT2D eigenvalue weighted by atomic mass is 10.1. The van der Waals surface area contributed by atoms with Crippen LogP contribution in [-0.2, 0) is 11.2 Å². The van der Waals surface area contributed by atoms with Crippen molar-refractivity contribution in [3.8, 4) is 0 Å². The van der Waals surface area contributed by atoms with Gasteiger partial charge in [0.15, 0.2) is 0 Å². The van der Waals surface area contributed by atoms with Crippen molar-refractivity contribution in [2.75, 3.05) is 6.54 Å². The van der Waals surface area contributed by atoms with E-state index >= 15 is 0 Å². The number of carbonyl (C=O) groups excluding carboxylic acids is 1. The topological polar surface area (TPSA) is 46.3 Å². The molecule has 2 N–H and O–H groups in total. The standard InChI is InChI=1S/C14H20N2OS/c1-11(2)16(10-13(15)18)14(17)9-8-12-6-4-3-5-7-12/h3-7,11H,8-10H2,1-2H3,(H2,15,18). The summed E-state index contributed by atoms with van der Waals surface area (Å²) in [6.07, 6.45) is 1.24. The van der Waals surface area contributed by atoms with E-state index < -0.39 is 0 Å². The highest BCUT2D eigenvalue weighted by molar-refractivity contribution is 7.80. The van der Waals surface area contributed by atoms with Gasteiger partial charge in [0.05, 0.1) is 11.5 Å². The molecular formula is C14H20N2OS. The minimum Gasteiger partial charge on any atom is -0.392 e. The van der Waals surface area contributed by atoms with Gasteiger partial charge in [-0.1, -0.05) is 42.5 Å². The molecule has 98 valence electrons. The number of thiocarbonyl (C=S) groups is 1. The summed E-state index contributed by atoms with van der Waals surface area (Å²) in [7, 11) is 0. The molecule has 3 nitrogen and oxygen atoms in total. The van der Waals surface area contributed by atoms with Crippen molar-refractivity contribution in [1.29, 1.82) is 0 Å². The number of carbonyl (C=O) groups is 1. The molecule has 0 aliphatic rings. The number of amides is 1. The van der Waals surface area contributed by atoms with E-state index in [2.05, 4.69) is 0 Å². The summed E-state index contributed by atoms with van der Waals surface area (Å²) >= 11 is 4.87. The van der Waals surface area contributed by atoms with E-state index in [0.29, 0.717) is 18.0 Å².